The lowest BCUT2D eigenvalue weighted by molar-refractivity contribution is -0.137. The molecule has 0 bridgehead atoms. The summed E-state index contributed by atoms with van der Waals surface area (Å²) in [5.41, 5.74) is 0.453. The van der Waals surface area contributed by atoms with Crippen LogP contribution in [0, 0.1) is 0 Å². The molecule has 0 spiro atoms. The second-order valence-corrected chi connectivity index (χ2v) is 5.20. The summed E-state index contributed by atoms with van der Waals surface area (Å²) in [6.07, 6.45) is 0. The number of nitrogens with zero attached hydrogens (tertiary/aromatic N) is 1. The van der Waals surface area contributed by atoms with E-state index in [-0.39, 0.29) is 12.5 Å². The summed E-state index contributed by atoms with van der Waals surface area (Å²) in [5, 5.41) is 8.71. The van der Waals surface area contributed by atoms with E-state index in [2.05, 4.69) is 31.9 Å². The van der Waals surface area contributed by atoms with Crippen LogP contribution in [-0.2, 0) is 4.79 Å². The molecule has 1 aromatic rings. The molecule has 0 aliphatic carbocycles. The molecule has 1 amide bonds. The highest BCUT2D eigenvalue weighted by molar-refractivity contribution is 9.11. The van der Waals surface area contributed by atoms with E-state index in [4.69, 9.17) is 5.11 Å². The van der Waals surface area contributed by atoms with Crippen molar-refractivity contribution in [2.45, 2.75) is 6.92 Å². The van der Waals surface area contributed by atoms with E-state index in [0.29, 0.717) is 12.1 Å². The highest BCUT2D eigenvalue weighted by atomic mass is 79.9. The van der Waals surface area contributed by atoms with Crippen LogP contribution >= 0.6 is 31.9 Å². The van der Waals surface area contributed by atoms with Crippen molar-refractivity contribution in [3.63, 3.8) is 0 Å². The molecule has 1 N–H and O–H groups in total. The van der Waals surface area contributed by atoms with Crippen LogP contribution in [-0.4, -0.2) is 35.0 Å². The number of hydrogen-bond donors (Lipinski definition) is 1. The molecule has 0 fully saturated rings. The van der Waals surface area contributed by atoms with Crippen molar-refractivity contribution in [1.82, 2.24) is 4.90 Å². The number of rotatable bonds is 4. The fourth-order valence-corrected chi connectivity index (χ4v) is 2.64. The minimum atomic E-state index is -1.02. The highest BCUT2D eigenvalue weighted by Crippen LogP contribution is 2.21. The molecule has 1 rings (SSSR count). The molecule has 1 aromatic carbocycles. The van der Waals surface area contributed by atoms with E-state index >= 15 is 0 Å². The Kier molecular flexibility index (Phi) is 5.14. The third-order valence-corrected chi connectivity index (χ3v) is 3.02. The summed E-state index contributed by atoms with van der Waals surface area (Å²) in [6, 6.07) is 5.14. The van der Waals surface area contributed by atoms with Gasteiger partial charge in [-0.05, 0) is 25.1 Å². The number of amides is 1. The van der Waals surface area contributed by atoms with Crippen molar-refractivity contribution in [2.75, 3.05) is 13.1 Å². The second kappa shape index (κ2) is 6.16. The number of carboxylic acid groups (broad SMARTS) is 1. The average molecular weight is 365 g/mol. The number of benzene rings is 1. The Bertz CT molecular complexity index is 428. The zero-order valence-corrected chi connectivity index (χ0v) is 12.3. The summed E-state index contributed by atoms with van der Waals surface area (Å²) in [5.74, 6) is -1.31. The van der Waals surface area contributed by atoms with Gasteiger partial charge < -0.3 is 10.0 Å². The molecular formula is C11H11Br2NO3. The first-order chi connectivity index (χ1) is 7.93. The van der Waals surface area contributed by atoms with Gasteiger partial charge in [0.2, 0.25) is 0 Å². The standard InChI is InChI=1S/C11H11Br2NO3/c1-2-14(6-10(15)16)11(17)7-3-8(12)5-9(13)4-7/h3-5H,2,6H2,1H3,(H,15,16). The first-order valence-electron chi connectivity index (χ1n) is 4.91. The second-order valence-electron chi connectivity index (χ2n) is 3.37. The van der Waals surface area contributed by atoms with Crippen LogP contribution in [0.4, 0.5) is 0 Å². The minimum absolute atomic E-state index is 0.292. The van der Waals surface area contributed by atoms with Gasteiger partial charge in [0.1, 0.15) is 6.54 Å². The van der Waals surface area contributed by atoms with Gasteiger partial charge in [-0.15, -0.1) is 0 Å². The zero-order chi connectivity index (χ0) is 13.0. The summed E-state index contributed by atoms with van der Waals surface area (Å²) in [4.78, 5) is 23.9. The average Bonchev–Trinajstić information content (AvgIpc) is 2.23. The van der Waals surface area contributed by atoms with Gasteiger partial charge >= 0.3 is 5.97 Å². The van der Waals surface area contributed by atoms with E-state index in [9.17, 15) is 9.59 Å². The van der Waals surface area contributed by atoms with Gasteiger partial charge in [0, 0.05) is 21.1 Å². The fourth-order valence-electron chi connectivity index (χ4n) is 1.35. The summed E-state index contributed by atoms with van der Waals surface area (Å²) >= 11 is 6.57. The van der Waals surface area contributed by atoms with Crippen LogP contribution in [0.3, 0.4) is 0 Å². The van der Waals surface area contributed by atoms with Crippen LogP contribution in [0.5, 0.6) is 0 Å². The first kappa shape index (κ1) is 14.2. The van der Waals surface area contributed by atoms with E-state index < -0.39 is 5.97 Å². The Morgan fingerprint density at radius 2 is 1.76 bits per heavy atom. The fraction of sp³-hybridized carbons (Fsp3) is 0.273. The Balaban J connectivity index is 2.97. The van der Waals surface area contributed by atoms with Crippen LogP contribution in [0.25, 0.3) is 0 Å². The Morgan fingerprint density at radius 1 is 1.24 bits per heavy atom. The van der Waals surface area contributed by atoms with Gasteiger partial charge in [-0.25, -0.2) is 0 Å². The molecule has 17 heavy (non-hydrogen) atoms. The summed E-state index contributed by atoms with van der Waals surface area (Å²) in [6.45, 7) is 1.81. The van der Waals surface area contributed by atoms with Gasteiger partial charge in [0.15, 0.2) is 0 Å². The quantitative estimate of drug-likeness (QED) is 0.893. The molecule has 0 heterocycles. The van der Waals surface area contributed by atoms with Crippen molar-refractivity contribution in [3.05, 3.63) is 32.7 Å². The predicted molar refractivity (Wildman–Crippen MR) is 71.1 cm³/mol. The van der Waals surface area contributed by atoms with Gasteiger partial charge in [-0.1, -0.05) is 31.9 Å². The monoisotopic (exact) mass is 363 g/mol. The smallest absolute Gasteiger partial charge is 0.323 e. The zero-order valence-electron chi connectivity index (χ0n) is 9.11. The Hall–Kier alpha value is -0.880. The number of likely N-dealkylation sites (N-methyl/N-ethyl adjacent to an activating group) is 1. The first-order valence-corrected chi connectivity index (χ1v) is 6.49. The molecule has 0 aromatic heterocycles. The predicted octanol–water partition coefficient (Wildman–Crippen LogP) is 2.76. The molecule has 0 aliphatic heterocycles. The maximum atomic E-state index is 12.0. The number of hydrogen-bond acceptors (Lipinski definition) is 2. The van der Waals surface area contributed by atoms with Crippen molar-refractivity contribution in [1.29, 1.82) is 0 Å². The molecule has 0 atom stereocenters. The number of carboxylic acids is 1. The van der Waals surface area contributed by atoms with Gasteiger partial charge in [-0.3, -0.25) is 9.59 Å². The van der Waals surface area contributed by atoms with Crippen molar-refractivity contribution in [2.24, 2.45) is 0 Å². The number of halogens is 2. The van der Waals surface area contributed by atoms with Crippen molar-refractivity contribution >= 4 is 43.7 Å². The van der Waals surface area contributed by atoms with E-state index in [1.54, 1.807) is 19.1 Å². The number of aliphatic carboxylic acids is 1. The topological polar surface area (TPSA) is 57.6 Å². The maximum absolute atomic E-state index is 12.0. The maximum Gasteiger partial charge on any atom is 0.323 e. The third kappa shape index (κ3) is 4.12. The van der Waals surface area contributed by atoms with E-state index in [1.165, 1.54) is 4.90 Å². The highest BCUT2D eigenvalue weighted by Gasteiger charge is 2.17. The molecule has 0 unspecified atom stereocenters. The molecule has 6 heteroatoms. The molecule has 0 aliphatic rings. The summed E-state index contributed by atoms with van der Waals surface area (Å²) < 4.78 is 1.53. The van der Waals surface area contributed by atoms with Gasteiger partial charge in [0.25, 0.3) is 5.91 Å². The molecule has 0 saturated carbocycles. The normalized spacial score (nSPS) is 10.1. The Morgan fingerprint density at radius 3 is 2.18 bits per heavy atom. The molecule has 0 saturated heterocycles. The van der Waals surface area contributed by atoms with Crippen LogP contribution < -0.4 is 0 Å². The third-order valence-electron chi connectivity index (χ3n) is 2.10. The lowest BCUT2D eigenvalue weighted by Crippen LogP contribution is -2.35. The molecule has 4 nitrogen and oxygen atoms in total. The molecule has 0 radical (unpaired) electrons. The van der Waals surface area contributed by atoms with Gasteiger partial charge in [0.05, 0.1) is 0 Å². The van der Waals surface area contributed by atoms with Crippen molar-refractivity contribution < 1.29 is 14.7 Å². The largest absolute Gasteiger partial charge is 0.480 e. The summed E-state index contributed by atoms with van der Waals surface area (Å²) in [7, 11) is 0. The van der Waals surface area contributed by atoms with Crippen molar-refractivity contribution in [3.8, 4) is 0 Å². The molecular weight excluding hydrogens is 354 g/mol. The van der Waals surface area contributed by atoms with E-state index in [0.717, 1.165) is 8.95 Å². The number of carbonyl (C=O) groups is 2. The lowest BCUT2D eigenvalue weighted by Gasteiger charge is -2.18. The lowest BCUT2D eigenvalue weighted by atomic mass is 10.2. The minimum Gasteiger partial charge on any atom is -0.480 e. The van der Waals surface area contributed by atoms with E-state index in [1.807, 2.05) is 6.07 Å². The number of carbonyl (C=O) groups excluding carboxylic acids is 1. The molecule has 92 valence electrons. The van der Waals surface area contributed by atoms with Gasteiger partial charge in [-0.2, -0.15) is 0 Å². The van der Waals surface area contributed by atoms with Crippen LogP contribution in [0.15, 0.2) is 27.1 Å². The van der Waals surface area contributed by atoms with Crippen LogP contribution in [0.2, 0.25) is 0 Å². The van der Waals surface area contributed by atoms with Crippen LogP contribution in [0.1, 0.15) is 17.3 Å². The Labute approximate surface area is 116 Å². The SMILES string of the molecule is CCN(CC(=O)O)C(=O)c1cc(Br)cc(Br)c1.